The Hall–Kier alpha value is -2.66. The number of aromatic nitrogens is 2. The Morgan fingerprint density at radius 1 is 1.12 bits per heavy atom. The van der Waals surface area contributed by atoms with E-state index in [1.54, 1.807) is 30.5 Å². The summed E-state index contributed by atoms with van der Waals surface area (Å²) in [5, 5.41) is 9.60. The fourth-order valence-corrected chi connectivity index (χ4v) is 2.57. The van der Waals surface area contributed by atoms with Gasteiger partial charge in [0.1, 0.15) is 11.6 Å². The van der Waals surface area contributed by atoms with Crippen LogP contribution in [-0.4, -0.2) is 20.6 Å². The third-order valence-corrected chi connectivity index (χ3v) is 3.79. The average Bonchev–Trinajstić information content (AvgIpc) is 2.92. The summed E-state index contributed by atoms with van der Waals surface area (Å²) in [6.45, 7) is 0. The number of benzene rings is 2. The van der Waals surface area contributed by atoms with Crippen LogP contribution in [0, 0.1) is 5.82 Å². The van der Waals surface area contributed by atoms with Gasteiger partial charge in [-0.15, -0.1) is 0 Å². The molecule has 0 unspecified atom stereocenters. The van der Waals surface area contributed by atoms with Crippen LogP contribution in [0.15, 0.2) is 54.7 Å². The van der Waals surface area contributed by atoms with E-state index < -0.39 is 5.97 Å². The van der Waals surface area contributed by atoms with Gasteiger partial charge in [-0.25, -0.2) is 9.37 Å². The fraction of sp³-hybridized carbons (Fsp3) is 0.111. The van der Waals surface area contributed by atoms with Crippen LogP contribution in [0.3, 0.4) is 0 Å². The SMILES string of the molecule is O=C(O)Cc1cn(-c2ccc(Cl)cc2)c(Cc2ccc(F)cc2)n1. The zero-order valence-electron chi connectivity index (χ0n) is 12.6. The number of halogens is 2. The lowest BCUT2D eigenvalue weighted by Gasteiger charge is -2.08. The Bertz CT molecular complexity index is 858. The monoisotopic (exact) mass is 344 g/mol. The van der Waals surface area contributed by atoms with Crippen LogP contribution in [0.1, 0.15) is 17.1 Å². The molecular formula is C18H14ClFN2O2. The minimum Gasteiger partial charge on any atom is -0.481 e. The molecule has 3 aromatic rings. The Balaban J connectivity index is 1.98. The van der Waals surface area contributed by atoms with Crippen molar-refractivity contribution in [3.63, 3.8) is 0 Å². The summed E-state index contributed by atoms with van der Waals surface area (Å²) in [6, 6.07) is 13.3. The second kappa shape index (κ2) is 6.84. The van der Waals surface area contributed by atoms with Crippen molar-refractivity contribution in [1.82, 2.24) is 9.55 Å². The highest BCUT2D eigenvalue weighted by Crippen LogP contribution is 2.19. The van der Waals surface area contributed by atoms with Gasteiger partial charge in [-0.3, -0.25) is 4.79 Å². The van der Waals surface area contributed by atoms with Gasteiger partial charge < -0.3 is 9.67 Å². The lowest BCUT2D eigenvalue weighted by molar-refractivity contribution is -0.136. The largest absolute Gasteiger partial charge is 0.481 e. The molecule has 0 aliphatic rings. The van der Waals surface area contributed by atoms with Gasteiger partial charge in [-0.2, -0.15) is 0 Å². The van der Waals surface area contributed by atoms with Gasteiger partial charge in [-0.1, -0.05) is 23.7 Å². The van der Waals surface area contributed by atoms with Crippen LogP contribution >= 0.6 is 11.6 Å². The van der Waals surface area contributed by atoms with Crippen LogP contribution in [-0.2, 0) is 17.6 Å². The first-order chi connectivity index (χ1) is 11.5. The highest BCUT2D eigenvalue weighted by molar-refractivity contribution is 6.30. The molecule has 6 heteroatoms. The van der Waals surface area contributed by atoms with E-state index in [2.05, 4.69) is 4.98 Å². The molecule has 0 saturated carbocycles. The van der Waals surface area contributed by atoms with E-state index in [1.807, 2.05) is 16.7 Å². The molecule has 0 fully saturated rings. The van der Waals surface area contributed by atoms with E-state index in [0.29, 0.717) is 23.0 Å². The molecule has 0 saturated heterocycles. The Kier molecular flexibility index (Phi) is 4.62. The molecule has 0 atom stereocenters. The van der Waals surface area contributed by atoms with Crippen LogP contribution in [0.2, 0.25) is 5.02 Å². The molecule has 24 heavy (non-hydrogen) atoms. The average molecular weight is 345 g/mol. The van der Waals surface area contributed by atoms with Gasteiger partial charge in [-0.05, 0) is 42.0 Å². The quantitative estimate of drug-likeness (QED) is 0.764. The summed E-state index contributed by atoms with van der Waals surface area (Å²) in [5.41, 5.74) is 2.19. The maximum Gasteiger partial charge on any atom is 0.309 e. The predicted molar refractivity (Wildman–Crippen MR) is 89.1 cm³/mol. The van der Waals surface area contributed by atoms with E-state index in [1.165, 1.54) is 12.1 Å². The van der Waals surface area contributed by atoms with Crippen molar-refractivity contribution in [2.45, 2.75) is 12.8 Å². The zero-order valence-corrected chi connectivity index (χ0v) is 13.4. The number of rotatable bonds is 5. The molecule has 122 valence electrons. The van der Waals surface area contributed by atoms with Crippen molar-refractivity contribution in [2.75, 3.05) is 0 Å². The number of carboxylic acid groups (broad SMARTS) is 1. The fourth-order valence-electron chi connectivity index (χ4n) is 2.45. The Morgan fingerprint density at radius 3 is 2.42 bits per heavy atom. The van der Waals surface area contributed by atoms with Crippen LogP contribution in [0.25, 0.3) is 5.69 Å². The van der Waals surface area contributed by atoms with E-state index in [4.69, 9.17) is 16.7 Å². The summed E-state index contributed by atoms with van der Waals surface area (Å²) in [5.74, 6) is -0.560. The first-order valence-electron chi connectivity index (χ1n) is 7.30. The summed E-state index contributed by atoms with van der Waals surface area (Å²) in [4.78, 5) is 15.4. The summed E-state index contributed by atoms with van der Waals surface area (Å²) >= 11 is 5.92. The third kappa shape index (κ3) is 3.81. The van der Waals surface area contributed by atoms with E-state index in [0.717, 1.165) is 11.3 Å². The van der Waals surface area contributed by atoms with Crippen LogP contribution < -0.4 is 0 Å². The number of carbonyl (C=O) groups is 1. The minimum absolute atomic E-state index is 0.156. The number of imidazole rings is 1. The highest BCUT2D eigenvalue weighted by atomic mass is 35.5. The van der Waals surface area contributed by atoms with Gasteiger partial charge in [0.05, 0.1) is 12.1 Å². The minimum atomic E-state index is -0.941. The molecule has 1 N–H and O–H groups in total. The molecule has 1 heterocycles. The molecule has 0 aliphatic carbocycles. The number of carboxylic acids is 1. The topological polar surface area (TPSA) is 55.1 Å². The molecule has 0 spiro atoms. The molecule has 0 bridgehead atoms. The van der Waals surface area contributed by atoms with Gasteiger partial charge >= 0.3 is 5.97 Å². The summed E-state index contributed by atoms with van der Waals surface area (Å²) in [7, 11) is 0. The molecule has 0 radical (unpaired) electrons. The first kappa shape index (κ1) is 16.2. The van der Waals surface area contributed by atoms with Crippen LogP contribution in [0.4, 0.5) is 4.39 Å². The highest BCUT2D eigenvalue weighted by Gasteiger charge is 2.13. The molecule has 2 aromatic carbocycles. The van der Waals surface area contributed by atoms with Gasteiger partial charge in [0.15, 0.2) is 0 Å². The van der Waals surface area contributed by atoms with Gasteiger partial charge in [0.25, 0.3) is 0 Å². The van der Waals surface area contributed by atoms with Gasteiger partial charge in [0, 0.05) is 23.3 Å². The molecule has 3 rings (SSSR count). The van der Waals surface area contributed by atoms with E-state index in [9.17, 15) is 9.18 Å². The normalized spacial score (nSPS) is 10.8. The number of aliphatic carboxylic acids is 1. The standard InChI is InChI=1S/C18H14ClFN2O2/c19-13-3-7-16(8-4-13)22-11-15(10-18(23)24)21-17(22)9-12-1-5-14(20)6-2-12/h1-8,11H,9-10H2,(H,23,24). The number of hydrogen-bond donors (Lipinski definition) is 1. The molecule has 0 amide bonds. The second-order valence-corrected chi connectivity index (χ2v) is 5.81. The van der Waals surface area contributed by atoms with Crippen molar-refractivity contribution in [1.29, 1.82) is 0 Å². The summed E-state index contributed by atoms with van der Waals surface area (Å²) < 4.78 is 14.9. The predicted octanol–water partition coefficient (Wildman–Crippen LogP) is 3.88. The van der Waals surface area contributed by atoms with E-state index in [-0.39, 0.29) is 12.2 Å². The number of hydrogen-bond acceptors (Lipinski definition) is 2. The molecule has 0 aliphatic heterocycles. The van der Waals surface area contributed by atoms with Crippen molar-refractivity contribution in [3.05, 3.63) is 82.6 Å². The van der Waals surface area contributed by atoms with Crippen molar-refractivity contribution in [3.8, 4) is 5.69 Å². The van der Waals surface area contributed by atoms with Crippen molar-refractivity contribution in [2.24, 2.45) is 0 Å². The van der Waals surface area contributed by atoms with Crippen LogP contribution in [0.5, 0.6) is 0 Å². The Morgan fingerprint density at radius 2 is 1.79 bits per heavy atom. The lowest BCUT2D eigenvalue weighted by atomic mass is 10.1. The molecular weight excluding hydrogens is 331 g/mol. The van der Waals surface area contributed by atoms with Crippen molar-refractivity contribution < 1.29 is 14.3 Å². The van der Waals surface area contributed by atoms with Crippen molar-refractivity contribution >= 4 is 17.6 Å². The second-order valence-electron chi connectivity index (χ2n) is 5.37. The Labute approximate surface area is 143 Å². The maximum absolute atomic E-state index is 13.1. The maximum atomic E-state index is 13.1. The first-order valence-corrected chi connectivity index (χ1v) is 7.68. The summed E-state index contributed by atoms with van der Waals surface area (Å²) in [6.07, 6.45) is 2.01. The molecule has 1 aromatic heterocycles. The van der Waals surface area contributed by atoms with Gasteiger partial charge in [0.2, 0.25) is 0 Å². The molecule has 4 nitrogen and oxygen atoms in total. The zero-order chi connectivity index (χ0) is 17.1. The smallest absolute Gasteiger partial charge is 0.309 e. The lowest BCUT2D eigenvalue weighted by Crippen LogP contribution is -2.01. The van der Waals surface area contributed by atoms with E-state index >= 15 is 0 Å². The number of nitrogens with zero attached hydrogens (tertiary/aromatic N) is 2. The third-order valence-electron chi connectivity index (χ3n) is 3.54.